The van der Waals surface area contributed by atoms with Crippen molar-refractivity contribution in [1.29, 1.82) is 0 Å². The second-order valence-electron chi connectivity index (χ2n) is 8.30. The predicted molar refractivity (Wildman–Crippen MR) is 132 cm³/mol. The number of nitrogens with one attached hydrogen (secondary N) is 1. The summed E-state index contributed by atoms with van der Waals surface area (Å²) in [6.45, 7) is 9.95. The molecule has 35 heavy (non-hydrogen) atoms. The smallest absolute Gasteiger partial charge is 0.277 e. The summed E-state index contributed by atoms with van der Waals surface area (Å²) in [5, 5.41) is 6.46. The summed E-state index contributed by atoms with van der Waals surface area (Å²) in [5.41, 5.74) is 1.59. The van der Waals surface area contributed by atoms with E-state index in [1.54, 1.807) is 34.6 Å². The van der Waals surface area contributed by atoms with Crippen LogP contribution in [0.1, 0.15) is 51.0 Å². The molecule has 0 amide bonds. The monoisotopic (exact) mass is 503 g/mol. The third kappa shape index (κ3) is 4.96. The Morgan fingerprint density at radius 1 is 1.26 bits per heavy atom. The van der Waals surface area contributed by atoms with Crippen molar-refractivity contribution < 1.29 is 18.2 Å². The minimum absolute atomic E-state index is 0.149. The molecule has 0 saturated carbocycles. The summed E-state index contributed by atoms with van der Waals surface area (Å²) < 4.78 is 38.4. The number of H-pyrrole nitrogens is 1. The van der Waals surface area contributed by atoms with Crippen LogP contribution >= 0.6 is 0 Å². The number of ether oxygens (including phenoxy) is 2. The molecule has 1 N–H and O–H groups in total. The fourth-order valence-corrected chi connectivity index (χ4v) is 5.05. The molecule has 190 valence electrons. The fourth-order valence-electron chi connectivity index (χ4n) is 4.42. The number of fused-ring (bicyclic) bond motifs is 1. The van der Waals surface area contributed by atoms with E-state index in [2.05, 4.69) is 23.8 Å². The van der Waals surface area contributed by atoms with Crippen molar-refractivity contribution in [2.24, 2.45) is 0 Å². The first kappa shape index (κ1) is 25.3. The molecule has 3 aromatic rings. The second-order valence-corrected chi connectivity index (χ2v) is 9.08. The second kappa shape index (κ2) is 10.9. The lowest BCUT2D eigenvalue weighted by molar-refractivity contribution is 0.0407. The predicted octanol–water partition coefficient (Wildman–Crippen LogP) is 2.54. The Balaban J connectivity index is 1.89. The molecule has 0 bridgehead atoms. The Labute approximate surface area is 206 Å². The number of hydrogen-bond acceptors (Lipinski definition) is 8. The summed E-state index contributed by atoms with van der Waals surface area (Å²) in [7, 11) is 0. The third-order valence-corrected chi connectivity index (χ3v) is 6.90. The summed E-state index contributed by atoms with van der Waals surface area (Å²) >= 11 is -2.56. The largest absolute Gasteiger partial charge is 0.754 e. The number of aromatic amines is 1. The maximum Gasteiger partial charge on any atom is 0.277 e. The van der Waals surface area contributed by atoms with Crippen molar-refractivity contribution in [1.82, 2.24) is 24.6 Å². The summed E-state index contributed by atoms with van der Waals surface area (Å²) in [6, 6.07) is 5.04. The van der Waals surface area contributed by atoms with Gasteiger partial charge in [0.15, 0.2) is 11.3 Å². The molecule has 1 atom stereocenters. The SMILES string of the molecule is CCOc1ccc(N(N2CCOCC2)S(=O)[O-])cc1-c1nn2c(C(CC)CC)nc(C)c2c(=O)[nH]1. The van der Waals surface area contributed by atoms with Gasteiger partial charge in [-0.2, -0.15) is 0 Å². The quantitative estimate of drug-likeness (QED) is 0.441. The van der Waals surface area contributed by atoms with E-state index in [-0.39, 0.29) is 17.3 Å². The minimum atomic E-state index is -2.56. The standard InChI is InChI=1S/C23H32N6O5S/c1-5-16(6-2)22-24-15(4)20-23(30)25-21(26-28(20)22)18-14-17(8-9-19(18)34-7-3)29(35(31)32)27-10-12-33-13-11-27/h8-9,14,16H,5-7,10-13H2,1-4H3,(H,31,32)(H,25,26,30)/p-1. The molecule has 1 aliphatic rings. The number of rotatable bonds is 9. The van der Waals surface area contributed by atoms with Gasteiger partial charge in [0.25, 0.3) is 5.56 Å². The number of imidazole rings is 1. The van der Waals surface area contributed by atoms with Gasteiger partial charge in [-0.15, -0.1) is 5.10 Å². The minimum Gasteiger partial charge on any atom is -0.754 e. The number of aryl methyl sites for hydroxylation is 1. The maximum absolute atomic E-state index is 13.1. The number of morpholine rings is 1. The summed E-state index contributed by atoms with van der Waals surface area (Å²) in [4.78, 5) is 20.6. The van der Waals surface area contributed by atoms with Crippen molar-refractivity contribution in [3.63, 3.8) is 0 Å². The van der Waals surface area contributed by atoms with Crippen LogP contribution in [0.3, 0.4) is 0 Å². The highest BCUT2D eigenvalue weighted by Gasteiger charge is 2.24. The number of aromatic nitrogens is 4. The van der Waals surface area contributed by atoms with Gasteiger partial charge in [0.1, 0.15) is 11.6 Å². The Morgan fingerprint density at radius 3 is 2.60 bits per heavy atom. The summed E-state index contributed by atoms with van der Waals surface area (Å²) in [5.74, 6) is 1.64. The van der Waals surface area contributed by atoms with Crippen LogP contribution in [0.5, 0.6) is 5.75 Å². The molecule has 2 aromatic heterocycles. The first-order valence-corrected chi connectivity index (χ1v) is 12.9. The number of hydrazine groups is 1. The summed E-state index contributed by atoms with van der Waals surface area (Å²) in [6.07, 6.45) is 1.73. The number of anilines is 1. The molecule has 1 fully saturated rings. The van der Waals surface area contributed by atoms with Gasteiger partial charge in [0, 0.05) is 19.0 Å². The van der Waals surface area contributed by atoms with Crippen molar-refractivity contribution in [3.8, 4) is 17.1 Å². The number of benzene rings is 1. The molecular weight excluding hydrogens is 472 g/mol. The highest BCUT2D eigenvalue weighted by Crippen LogP contribution is 2.33. The van der Waals surface area contributed by atoms with Gasteiger partial charge in [-0.1, -0.05) is 13.8 Å². The van der Waals surface area contributed by atoms with Crippen molar-refractivity contribution >= 4 is 22.5 Å². The average molecular weight is 504 g/mol. The van der Waals surface area contributed by atoms with E-state index in [1.165, 1.54) is 4.41 Å². The van der Waals surface area contributed by atoms with Crippen LogP contribution in [0, 0.1) is 6.92 Å². The first-order chi connectivity index (χ1) is 16.9. The molecule has 1 unspecified atom stereocenters. The van der Waals surface area contributed by atoms with E-state index < -0.39 is 11.3 Å². The van der Waals surface area contributed by atoms with Crippen LogP contribution in [0.15, 0.2) is 23.0 Å². The van der Waals surface area contributed by atoms with Gasteiger partial charge in [-0.3, -0.25) is 9.00 Å². The van der Waals surface area contributed by atoms with Gasteiger partial charge >= 0.3 is 0 Å². The van der Waals surface area contributed by atoms with Crippen molar-refractivity contribution in [2.75, 3.05) is 37.3 Å². The molecular formula is C23H31N6O5S-. The highest BCUT2D eigenvalue weighted by molar-refractivity contribution is 7.80. The Bertz CT molecular complexity index is 1270. The van der Waals surface area contributed by atoms with E-state index in [9.17, 15) is 13.6 Å². The zero-order valence-corrected chi connectivity index (χ0v) is 21.3. The molecule has 0 aliphatic carbocycles. The normalized spacial score (nSPS) is 15.6. The van der Waals surface area contributed by atoms with E-state index in [0.717, 1.165) is 18.7 Å². The Hall–Kier alpha value is -2.80. The van der Waals surface area contributed by atoms with Gasteiger partial charge < -0.3 is 19.0 Å². The van der Waals surface area contributed by atoms with Crippen LogP contribution in [0.4, 0.5) is 5.69 Å². The van der Waals surface area contributed by atoms with E-state index in [4.69, 9.17) is 14.6 Å². The lowest BCUT2D eigenvalue weighted by atomic mass is 10.0. The highest BCUT2D eigenvalue weighted by atomic mass is 32.2. The zero-order valence-electron chi connectivity index (χ0n) is 20.4. The molecule has 1 saturated heterocycles. The third-order valence-electron chi connectivity index (χ3n) is 6.18. The van der Waals surface area contributed by atoms with E-state index in [0.29, 0.717) is 61.1 Å². The van der Waals surface area contributed by atoms with Crippen molar-refractivity contribution in [3.05, 3.63) is 40.1 Å². The molecule has 1 aromatic carbocycles. The van der Waals surface area contributed by atoms with Gasteiger partial charge in [0.05, 0.1) is 48.0 Å². The van der Waals surface area contributed by atoms with Gasteiger partial charge in [0.2, 0.25) is 0 Å². The molecule has 0 radical (unpaired) electrons. The lowest BCUT2D eigenvalue weighted by Gasteiger charge is -2.39. The van der Waals surface area contributed by atoms with Gasteiger partial charge in [-0.25, -0.2) is 18.9 Å². The van der Waals surface area contributed by atoms with Crippen LogP contribution < -0.4 is 14.7 Å². The van der Waals surface area contributed by atoms with Crippen LogP contribution in [0.2, 0.25) is 0 Å². The Morgan fingerprint density at radius 2 is 1.97 bits per heavy atom. The van der Waals surface area contributed by atoms with Crippen molar-refractivity contribution in [2.45, 2.75) is 46.5 Å². The molecule has 0 spiro atoms. The molecule has 11 nitrogen and oxygen atoms in total. The fraction of sp³-hybridized carbons (Fsp3) is 0.522. The Kier molecular flexibility index (Phi) is 7.85. The topological polar surface area (TPSA) is 128 Å². The average Bonchev–Trinajstić information content (AvgIpc) is 3.18. The van der Waals surface area contributed by atoms with Crippen LogP contribution in [-0.2, 0) is 16.0 Å². The maximum atomic E-state index is 13.1. The van der Waals surface area contributed by atoms with Gasteiger partial charge in [-0.05, 0) is 44.9 Å². The molecule has 3 heterocycles. The number of nitrogens with zero attached hydrogens (tertiary/aromatic N) is 5. The van der Waals surface area contributed by atoms with E-state index >= 15 is 0 Å². The zero-order chi connectivity index (χ0) is 25.1. The first-order valence-electron chi connectivity index (χ1n) is 11.9. The van der Waals surface area contributed by atoms with E-state index in [1.807, 2.05) is 6.92 Å². The molecule has 12 heteroatoms. The van der Waals surface area contributed by atoms with Crippen LogP contribution in [-0.4, -0.2) is 66.3 Å². The van der Waals surface area contributed by atoms with Crippen LogP contribution in [0.25, 0.3) is 16.9 Å². The molecule has 4 rings (SSSR count). The lowest BCUT2D eigenvalue weighted by Crippen LogP contribution is -2.49. The molecule has 1 aliphatic heterocycles. The number of hydrogen-bond donors (Lipinski definition) is 1.